The van der Waals surface area contributed by atoms with E-state index in [0.29, 0.717) is 11.4 Å². The first kappa shape index (κ1) is 26.4. The minimum absolute atomic E-state index is 0.0298. The van der Waals surface area contributed by atoms with Crippen molar-refractivity contribution in [3.8, 4) is 0 Å². The zero-order valence-electron chi connectivity index (χ0n) is 20.3. The lowest BCUT2D eigenvalue weighted by molar-refractivity contribution is -0.136. The average molecular weight is 572 g/mol. The molecule has 0 bridgehead atoms. The number of hydrogen-bond acceptors (Lipinski definition) is 6. The highest BCUT2D eigenvalue weighted by Crippen LogP contribution is 2.39. The van der Waals surface area contributed by atoms with Crippen LogP contribution in [0, 0.1) is 0 Å². The Balaban J connectivity index is 1.50. The van der Waals surface area contributed by atoms with Gasteiger partial charge in [-0.15, -0.1) is 0 Å². The molecule has 0 radical (unpaired) electrons. The van der Waals surface area contributed by atoms with Gasteiger partial charge in [0.1, 0.15) is 5.76 Å². The van der Waals surface area contributed by atoms with E-state index in [2.05, 4.69) is 4.98 Å². The number of aromatic nitrogens is 1. The molecule has 7 nitrogen and oxygen atoms in total. The third-order valence-corrected chi connectivity index (χ3v) is 8.81. The number of para-hydroxylation sites is 2. The summed E-state index contributed by atoms with van der Waals surface area (Å²) >= 11 is 0.939. The fourth-order valence-corrected chi connectivity index (χ4v) is 6.11. The summed E-state index contributed by atoms with van der Waals surface area (Å²) in [5, 5.41) is 0.0450. The number of amides is 1. The number of furan rings is 1. The Labute approximate surface area is 225 Å². The van der Waals surface area contributed by atoms with Crippen molar-refractivity contribution < 1.29 is 30.8 Å². The smallest absolute Gasteiger partial charge is 0.418 e. The summed E-state index contributed by atoms with van der Waals surface area (Å²) in [7, 11) is -2.48. The van der Waals surface area contributed by atoms with Crippen molar-refractivity contribution >= 4 is 48.3 Å². The van der Waals surface area contributed by atoms with Crippen LogP contribution < -0.4 is 9.21 Å². The molecule has 2 heterocycles. The molecule has 200 valence electrons. The normalized spacial score (nSPS) is 12.0. The Morgan fingerprint density at radius 2 is 1.67 bits per heavy atom. The second-order valence-corrected chi connectivity index (χ2v) is 11.4. The molecular weight excluding hydrogens is 551 g/mol. The summed E-state index contributed by atoms with van der Waals surface area (Å²) in [4.78, 5) is 19.0. The predicted molar refractivity (Wildman–Crippen MR) is 142 cm³/mol. The van der Waals surface area contributed by atoms with E-state index in [9.17, 15) is 26.4 Å². The molecule has 0 saturated heterocycles. The lowest BCUT2D eigenvalue weighted by atomic mass is 10.2. The maximum Gasteiger partial charge on any atom is 0.418 e. The zero-order valence-corrected chi connectivity index (χ0v) is 21.9. The van der Waals surface area contributed by atoms with E-state index in [4.69, 9.17) is 4.42 Å². The molecule has 1 amide bonds. The summed E-state index contributed by atoms with van der Waals surface area (Å²) in [6.45, 7) is -0.0935. The van der Waals surface area contributed by atoms with E-state index in [1.807, 2.05) is 0 Å². The number of hydrogen-bond donors (Lipinski definition) is 0. The largest absolute Gasteiger partial charge is 0.467 e. The van der Waals surface area contributed by atoms with Gasteiger partial charge in [-0.2, -0.15) is 13.2 Å². The van der Waals surface area contributed by atoms with E-state index >= 15 is 0 Å². The van der Waals surface area contributed by atoms with Gasteiger partial charge in [-0.1, -0.05) is 35.6 Å². The highest BCUT2D eigenvalue weighted by Gasteiger charge is 2.34. The molecule has 2 aromatic heterocycles. The van der Waals surface area contributed by atoms with Crippen LogP contribution in [0.4, 0.5) is 24.0 Å². The SMILES string of the molecule is CN(c1ccccc1)S(=O)(=O)c1ccc(C(=O)N(Cc2ccco2)c2nc3c(C(F)(F)F)cccc3s2)cc1. The number of alkyl halides is 3. The molecule has 39 heavy (non-hydrogen) atoms. The molecular formula is C27H20F3N3O4S2. The van der Waals surface area contributed by atoms with E-state index < -0.39 is 27.7 Å². The standard InChI is InChI=1S/C27H20F3N3O4S2/c1-32(19-7-3-2-4-8-19)39(35,36)21-14-12-18(13-15-21)25(34)33(17-20-9-6-16-37-20)26-31-24-22(27(28,29)30)10-5-11-23(24)38-26/h2-16H,17H2,1H3. The van der Waals surface area contributed by atoms with Crippen molar-refractivity contribution in [1.82, 2.24) is 4.98 Å². The molecule has 12 heteroatoms. The van der Waals surface area contributed by atoms with Crippen molar-refractivity contribution in [2.24, 2.45) is 0 Å². The topological polar surface area (TPSA) is 83.7 Å². The van der Waals surface area contributed by atoms with Crippen LogP contribution in [-0.2, 0) is 22.7 Å². The van der Waals surface area contributed by atoms with Gasteiger partial charge < -0.3 is 4.42 Å². The van der Waals surface area contributed by atoms with Gasteiger partial charge in [-0.3, -0.25) is 14.0 Å². The molecule has 0 unspecified atom stereocenters. The number of halogens is 3. The maximum absolute atomic E-state index is 13.6. The summed E-state index contributed by atoms with van der Waals surface area (Å²) in [6, 6.07) is 20.9. The summed E-state index contributed by atoms with van der Waals surface area (Å²) in [6.07, 6.45) is -3.20. The molecule has 0 aliphatic rings. The third-order valence-electron chi connectivity index (χ3n) is 5.96. The number of anilines is 2. The lowest BCUT2D eigenvalue weighted by Crippen LogP contribution is -2.30. The lowest BCUT2D eigenvalue weighted by Gasteiger charge is -2.21. The summed E-state index contributed by atoms with van der Waals surface area (Å²) in [5.74, 6) is -0.193. The highest BCUT2D eigenvalue weighted by molar-refractivity contribution is 7.92. The molecule has 0 atom stereocenters. The Morgan fingerprint density at radius 3 is 2.31 bits per heavy atom. The van der Waals surface area contributed by atoms with Gasteiger partial charge in [0.2, 0.25) is 0 Å². The number of benzene rings is 3. The number of nitrogens with zero attached hydrogens (tertiary/aromatic N) is 3. The van der Waals surface area contributed by atoms with E-state index in [1.165, 1.54) is 54.6 Å². The van der Waals surface area contributed by atoms with Crippen LogP contribution in [0.5, 0.6) is 0 Å². The first-order chi connectivity index (χ1) is 18.6. The van der Waals surface area contributed by atoms with Gasteiger partial charge in [0.15, 0.2) is 5.13 Å². The predicted octanol–water partition coefficient (Wildman–Crippen LogP) is 6.58. The van der Waals surface area contributed by atoms with Crippen molar-refractivity contribution in [3.05, 3.63) is 108 Å². The molecule has 3 aromatic carbocycles. The Morgan fingerprint density at radius 1 is 0.949 bits per heavy atom. The number of fused-ring (bicyclic) bond motifs is 1. The zero-order chi connectivity index (χ0) is 27.8. The first-order valence-corrected chi connectivity index (χ1v) is 13.8. The second kappa shape index (κ2) is 10.2. The monoisotopic (exact) mass is 571 g/mol. The van der Waals surface area contributed by atoms with Crippen molar-refractivity contribution in [2.45, 2.75) is 17.6 Å². The van der Waals surface area contributed by atoms with Gasteiger partial charge in [0.25, 0.3) is 15.9 Å². The number of thiazole rings is 1. The van der Waals surface area contributed by atoms with Crippen LogP contribution in [-0.4, -0.2) is 26.4 Å². The van der Waals surface area contributed by atoms with Crippen molar-refractivity contribution in [1.29, 1.82) is 0 Å². The van der Waals surface area contributed by atoms with E-state index in [1.54, 1.807) is 42.5 Å². The van der Waals surface area contributed by atoms with Gasteiger partial charge in [0, 0.05) is 12.6 Å². The minimum Gasteiger partial charge on any atom is -0.467 e. The Hall–Kier alpha value is -4.16. The van der Waals surface area contributed by atoms with E-state index in [0.717, 1.165) is 21.7 Å². The maximum atomic E-state index is 13.6. The summed E-state index contributed by atoms with van der Waals surface area (Å²) in [5.41, 5.74) is -0.563. The fraction of sp³-hybridized carbons (Fsp3) is 0.111. The number of rotatable bonds is 7. The van der Waals surface area contributed by atoms with Gasteiger partial charge >= 0.3 is 6.18 Å². The number of carbonyl (C=O) groups is 1. The minimum atomic E-state index is -4.62. The third kappa shape index (κ3) is 5.25. The highest BCUT2D eigenvalue weighted by atomic mass is 32.2. The molecule has 0 spiro atoms. The molecule has 0 saturated carbocycles. The molecule has 0 aliphatic carbocycles. The number of carbonyl (C=O) groups excluding carboxylic acids is 1. The van der Waals surface area contributed by atoms with Gasteiger partial charge in [0.05, 0.1) is 39.2 Å². The summed E-state index contributed by atoms with van der Waals surface area (Å²) < 4.78 is 73.7. The molecule has 5 rings (SSSR count). The van der Waals surface area contributed by atoms with Gasteiger partial charge in [-0.25, -0.2) is 13.4 Å². The van der Waals surface area contributed by atoms with Crippen LogP contribution in [0.2, 0.25) is 0 Å². The molecule has 0 N–H and O–H groups in total. The Kier molecular flexibility index (Phi) is 6.91. The van der Waals surface area contributed by atoms with Gasteiger partial charge in [-0.05, 0) is 60.7 Å². The van der Waals surface area contributed by atoms with Crippen molar-refractivity contribution in [2.75, 3.05) is 16.3 Å². The molecule has 0 aliphatic heterocycles. The van der Waals surface area contributed by atoms with Crippen LogP contribution in [0.25, 0.3) is 10.2 Å². The Bertz CT molecular complexity index is 1720. The van der Waals surface area contributed by atoms with Crippen molar-refractivity contribution in [3.63, 3.8) is 0 Å². The van der Waals surface area contributed by atoms with E-state index in [-0.39, 0.29) is 32.4 Å². The van der Waals surface area contributed by atoms with Crippen LogP contribution >= 0.6 is 11.3 Å². The quantitative estimate of drug-likeness (QED) is 0.220. The number of sulfonamides is 1. The first-order valence-electron chi connectivity index (χ1n) is 11.5. The average Bonchev–Trinajstić information content (AvgIpc) is 3.60. The molecule has 5 aromatic rings. The van der Waals surface area contributed by atoms with Crippen LogP contribution in [0.3, 0.4) is 0 Å². The molecule has 0 fully saturated rings. The van der Waals surface area contributed by atoms with Crippen LogP contribution in [0.15, 0.2) is 101 Å². The fourth-order valence-electron chi connectivity index (χ4n) is 3.93. The van der Waals surface area contributed by atoms with Crippen LogP contribution in [0.1, 0.15) is 21.7 Å². The second-order valence-electron chi connectivity index (χ2n) is 8.45.